The van der Waals surface area contributed by atoms with Crippen molar-refractivity contribution < 1.29 is 4.79 Å². The molecule has 0 fully saturated rings. The molecule has 0 saturated carbocycles. The molecule has 0 aliphatic rings. The minimum Gasteiger partial charge on any atom is -0.351 e. The predicted octanol–water partition coefficient (Wildman–Crippen LogP) is 2.39. The molecular weight excluding hydrogens is 262 g/mol. The molecule has 1 unspecified atom stereocenters. The van der Waals surface area contributed by atoms with E-state index in [0.717, 1.165) is 16.7 Å². The quantitative estimate of drug-likeness (QED) is 0.914. The van der Waals surface area contributed by atoms with Crippen molar-refractivity contribution in [3.05, 3.63) is 65.5 Å². The molecule has 2 aromatic rings. The lowest BCUT2D eigenvalue weighted by atomic mass is 10.00. The van der Waals surface area contributed by atoms with Gasteiger partial charge in [0.05, 0.1) is 6.07 Å². The largest absolute Gasteiger partial charge is 0.351 e. The van der Waals surface area contributed by atoms with E-state index in [2.05, 4.69) is 16.4 Å². The van der Waals surface area contributed by atoms with Gasteiger partial charge in [0.15, 0.2) is 0 Å². The molecule has 1 heterocycles. The third-order valence-corrected chi connectivity index (χ3v) is 3.36. The van der Waals surface area contributed by atoms with E-state index >= 15 is 0 Å². The van der Waals surface area contributed by atoms with Crippen molar-refractivity contribution in [2.24, 2.45) is 5.92 Å². The zero-order valence-corrected chi connectivity index (χ0v) is 11.9. The minimum absolute atomic E-state index is 0.246. The molecular formula is C17H17N3O. The maximum Gasteiger partial charge on any atom is 0.237 e. The average molecular weight is 279 g/mol. The van der Waals surface area contributed by atoms with E-state index in [4.69, 9.17) is 0 Å². The molecule has 1 atom stereocenters. The monoisotopic (exact) mass is 279 g/mol. The fourth-order valence-corrected chi connectivity index (χ4v) is 2.03. The van der Waals surface area contributed by atoms with Gasteiger partial charge in [-0.25, -0.2) is 0 Å². The number of benzene rings is 1. The second kappa shape index (κ2) is 7.20. The summed E-state index contributed by atoms with van der Waals surface area (Å²) in [6, 6.07) is 13.5. The fourth-order valence-electron chi connectivity index (χ4n) is 2.03. The van der Waals surface area contributed by atoms with Crippen molar-refractivity contribution in [1.82, 2.24) is 10.3 Å². The summed E-state index contributed by atoms with van der Waals surface area (Å²) in [6.45, 7) is 2.36. The Hall–Kier alpha value is -2.67. The normalized spacial score (nSPS) is 11.4. The van der Waals surface area contributed by atoms with Crippen LogP contribution < -0.4 is 5.32 Å². The number of nitrogens with one attached hydrogen (secondary N) is 1. The second-order valence-electron chi connectivity index (χ2n) is 4.89. The van der Waals surface area contributed by atoms with E-state index in [1.54, 1.807) is 12.4 Å². The van der Waals surface area contributed by atoms with E-state index < -0.39 is 5.92 Å². The van der Waals surface area contributed by atoms with Crippen LogP contribution in [0.1, 0.15) is 16.7 Å². The maximum atomic E-state index is 12.1. The lowest BCUT2D eigenvalue weighted by Crippen LogP contribution is -2.31. The summed E-state index contributed by atoms with van der Waals surface area (Å²) in [5, 5.41) is 12.0. The first kappa shape index (κ1) is 14.7. The minimum atomic E-state index is -0.677. The predicted molar refractivity (Wildman–Crippen MR) is 80.1 cm³/mol. The maximum absolute atomic E-state index is 12.1. The third-order valence-electron chi connectivity index (χ3n) is 3.36. The number of aromatic nitrogens is 1. The summed E-state index contributed by atoms with van der Waals surface area (Å²) in [4.78, 5) is 16.1. The molecule has 21 heavy (non-hydrogen) atoms. The molecule has 1 N–H and O–H groups in total. The molecule has 0 spiro atoms. The number of aryl methyl sites for hydroxylation is 1. The Kier molecular flexibility index (Phi) is 5.05. The Labute approximate surface area is 124 Å². The van der Waals surface area contributed by atoms with E-state index in [1.165, 1.54) is 0 Å². The Bertz CT molecular complexity index is 647. The molecule has 0 aliphatic carbocycles. The van der Waals surface area contributed by atoms with E-state index in [9.17, 15) is 10.1 Å². The van der Waals surface area contributed by atoms with Gasteiger partial charge in [0.2, 0.25) is 5.91 Å². The lowest BCUT2D eigenvalue weighted by molar-refractivity contribution is -0.123. The Balaban J connectivity index is 1.95. The number of carbonyl (C=O) groups excluding carboxylic acids is 1. The molecule has 0 bridgehead atoms. The summed E-state index contributed by atoms with van der Waals surface area (Å²) in [5.41, 5.74) is 3.01. The first-order valence-electron chi connectivity index (χ1n) is 6.81. The van der Waals surface area contributed by atoms with E-state index in [-0.39, 0.29) is 5.91 Å². The highest BCUT2D eigenvalue weighted by atomic mass is 16.1. The smallest absolute Gasteiger partial charge is 0.237 e. The van der Waals surface area contributed by atoms with Crippen LogP contribution in [0.2, 0.25) is 0 Å². The third kappa shape index (κ3) is 4.15. The molecule has 1 aromatic heterocycles. The van der Waals surface area contributed by atoms with Gasteiger partial charge in [-0.2, -0.15) is 5.26 Å². The SMILES string of the molecule is Cc1ccncc1CNC(=O)C(C#N)Cc1ccccc1. The first-order valence-corrected chi connectivity index (χ1v) is 6.81. The first-order chi connectivity index (χ1) is 10.2. The highest BCUT2D eigenvalue weighted by Crippen LogP contribution is 2.09. The zero-order chi connectivity index (χ0) is 15.1. The molecule has 106 valence electrons. The number of pyridine rings is 1. The van der Waals surface area contributed by atoms with Crippen molar-refractivity contribution in [1.29, 1.82) is 5.26 Å². The van der Waals surface area contributed by atoms with Crippen LogP contribution in [0.4, 0.5) is 0 Å². The summed E-state index contributed by atoms with van der Waals surface area (Å²) in [6.07, 6.45) is 3.87. The number of rotatable bonds is 5. The van der Waals surface area contributed by atoms with Gasteiger partial charge in [0.1, 0.15) is 5.92 Å². The van der Waals surface area contributed by atoms with Gasteiger partial charge >= 0.3 is 0 Å². The van der Waals surface area contributed by atoms with Crippen molar-refractivity contribution in [2.45, 2.75) is 19.9 Å². The van der Waals surface area contributed by atoms with Crippen LogP contribution in [-0.2, 0) is 17.8 Å². The van der Waals surface area contributed by atoms with Crippen LogP contribution in [0.15, 0.2) is 48.8 Å². The molecule has 0 aliphatic heterocycles. The number of hydrogen-bond acceptors (Lipinski definition) is 3. The van der Waals surface area contributed by atoms with E-state index in [0.29, 0.717) is 13.0 Å². The van der Waals surface area contributed by atoms with Crippen molar-refractivity contribution in [3.8, 4) is 6.07 Å². The summed E-state index contributed by atoms with van der Waals surface area (Å²) >= 11 is 0. The van der Waals surface area contributed by atoms with Crippen LogP contribution in [-0.4, -0.2) is 10.9 Å². The molecule has 4 heteroatoms. The Morgan fingerprint density at radius 1 is 1.33 bits per heavy atom. The van der Waals surface area contributed by atoms with Crippen molar-refractivity contribution >= 4 is 5.91 Å². The molecule has 1 aromatic carbocycles. The molecule has 0 radical (unpaired) electrons. The van der Waals surface area contributed by atoms with Gasteiger partial charge < -0.3 is 5.32 Å². The molecule has 0 saturated heterocycles. The molecule has 1 amide bonds. The van der Waals surface area contributed by atoms with Crippen LogP contribution in [0, 0.1) is 24.2 Å². The second-order valence-corrected chi connectivity index (χ2v) is 4.89. The van der Waals surface area contributed by atoms with Crippen LogP contribution in [0.3, 0.4) is 0 Å². The van der Waals surface area contributed by atoms with Gasteiger partial charge in [0, 0.05) is 18.9 Å². The highest BCUT2D eigenvalue weighted by molar-refractivity contribution is 5.81. The fraction of sp³-hybridized carbons (Fsp3) is 0.235. The summed E-state index contributed by atoms with van der Waals surface area (Å²) in [7, 11) is 0. The summed E-state index contributed by atoms with van der Waals surface area (Å²) < 4.78 is 0. The number of amides is 1. The van der Waals surface area contributed by atoms with E-state index in [1.807, 2.05) is 43.3 Å². The number of nitriles is 1. The lowest BCUT2D eigenvalue weighted by Gasteiger charge is -2.11. The number of hydrogen-bond donors (Lipinski definition) is 1. The molecule has 2 rings (SSSR count). The van der Waals surface area contributed by atoms with Crippen LogP contribution in [0.25, 0.3) is 0 Å². The number of nitrogens with zero attached hydrogens (tertiary/aromatic N) is 2. The highest BCUT2D eigenvalue weighted by Gasteiger charge is 2.18. The van der Waals surface area contributed by atoms with Crippen molar-refractivity contribution in [2.75, 3.05) is 0 Å². The summed E-state index contributed by atoms with van der Waals surface area (Å²) in [5.74, 6) is -0.922. The van der Waals surface area contributed by atoms with Gasteiger partial charge in [-0.1, -0.05) is 30.3 Å². The van der Waals surface area contributed by atoms with Gasteiger partial charge in [-0.05, 0) is 36.1 Å². The number of carbonyl (C=O) groups is 1. The van der Waals surface area contributed by atoms with Crippen LogP contribution in [0.5, 0.6) is 0 Å². The van der Waals surface area contributed by atoms with Gasteiger partial charge in [0.25, 0.3) is 0 Å². The van der Waals surface area contributed by atoms with Crippen molar-refractivity contribution in [3.63, 3.8) is 0 Å². The standard InChI is InChI=1S/C17H17N3O/c1-13-7-8-19-11-16(13)12-20-17(21)15(10-18)9-14-5-3-2-4-6-14/h2-8,11,15H,9,12H2,1H3,(H,20,21). The molecule has 4 nitrogen and oxygen atoms in total. The van der Waals surface area contributed by atoms with Gasteiger partial charge in [-0.3, -0.25) is 9.78 Å². The Morgan fingerprint density at radius 2 is 2.10 bits per heavy atom. The average Bonchev–Trinajstić information content (AvgIpc) is 2.52. The van der Waals surface area contributed by atoms with Gasteiger partial charge in [-0.15, -0.1) is 0 Å². The topological polar surface area (TPSA) is 65.8 Å². The zero-order valence-electron chi connectivity index (χ0n) is 11.9. The Morgan fingerprint density at radius 3 is 2.76 bits per heavy atom. The van der Waals surface area contributed by atoms with Crippen LogP contribution >= 0.6 is 0 Å².